The van der Waals surface area contributed by atoms with Crippen molar-refractivity contribution in [2.75, 3.05) is 13.6 Å². The van der Waals surface area contributed by atoms with Gasteiger partial charge in [0.25, 0.3) is 0 Å². The second-order valence-corrected chi connectivity index (χ2v) is 6.22. The molecule has 9 heteroatoms. The number of rotatable bonds is 7. The molecule has 0 saturated carbocycles. The molecule has 0 radical (unpaired) electrons. The Morgan fingerprint density at radius 3 is 2.69 bits per heavy atom. The summed E-state index contributed by atoms with van der Waals surface area (Å²) in [6.07, 6.45) is 1.38. The standard InChI is InChI=1S/C20H23FN6O.HI/c1-14(28-18-8-6-17(21)7-9-18)11-23-20(22-2)24-12-15-4-3-5-16(10-15)19-25-13-26-27-19;/h3-10,13-14H,11-12H2,1-2H3,(H2,22,23,24)(H,25,26,27);1H. The molecule has 1 unspecified atom stereocenters. The average Bonchev–Trinajstić information content (AvgIpc) is 3.25. The number of nitrogens with zero attached hydrogens (tertiary/aromatic N) is 3. The number of halogens is 2. The second kappa shape index (κ2) is 11.3. The molecule has 0 spiro atoms. The Morgan fingerprint density at radius 2 is 2.00 bits per heavy atom. The summed E-state index contributed by atoms with van der Waals surface area (Å²) in [5.41, 5.74) is 2.06. The normalized spacial score (nSPS) is 12.0. The van der Waals surface area contributed by atoms with Crippen molar-refractivity contribution in [2.45, 2.75) is 19.6 Å². The van der Waals surface area contributed by atoms with Gasteiger partial charge in [0.05, 0.1) is 6.54 Å². The maximum atomic E-state index is 13.0. The van der Waals surface area contributed by atoms with E-state index < -0.39 is 0 Å². The fourth-order valence-electron chi connectivity index (χ4n) is 2.61. The van der Waals surface area contributed by atoms with E-state index in [1.165, 1.54) is 18.5 Å². The predicted molar refractivity (Wildman–Crippen MR) is 122 cm³/mol. The quantitative estimate of drug-likeness (QED) is 0.258. The molecule has 29 heavy (non-hydrogen) atoms. The minimum Gasteiger partial charge on any atom is -0.489 e. The number of guanidine groups is 1. The predicted octanol–water partition coefficient (Wildman–Crippen LogP) is 3.36. The molecule has 0 saturated heterocycles. The third-order valence-electron chi connectivity index (χ3n) is 4.01. The second-order valence-electron chi connectivity index (χ2n) is 6.22. The molecule has 3 rings (SSSR count). The Kier molecular flexibility index (Phi) is 8.84. The molecular formula is C20H24FIN6O. The lowest BCUT2D eigenvalue weighted by atomic mass is 10.1. The van der Waals surface area contributed by atoms with Crippen LogP contribution in [-0.2, 0) is 6.54 Å². The Bertz CT molecular complexity index is 902. The SMILES string of the molecule is CN=C(NCc1cccc(-c2ncn[nH]2)c1)NCC(C)Oc1ccc(F)cc1.I. The molecule has 0 aliphatic rings. The van der Waals surface area contributed by atoms with Gasteiger partial charge >= 0.3 is 0 Å². The van der Waals surface area contributed by atoms with Gasteiger partial charge in [-0.25, -0.2) is 9.37 Å². The summed E-state index contributed by atoms with van der Waals surface area (Å²) in [7, 11) is 1.71. The molecule has 1 aromatic heterocycles. The molecule has 2 aromatic carbocycles. The highest BCUT2D eigenvalue weighted by Gasteiger charge is 2.07. The monoisotopic (exact) mass is 510 g/mol. The van der Waals surface area contributed by atoms with E-state index in [9.17, 15) is 4.39 Å². The maximum Gasteiger partial charge on any atom is 0.191 e. The highest BCUT2D eigenvalue weighted by atomic mass is 127. The number of aromatic nitrogens is 3. The molecule has 0 fully saturated rings. The molecular weight excluding hydrogens is 486 g/mol. The van der Waals surface area contributed by atoms with Crippen LogP contribution in [0.15, 0.2) is 59.9 Å². The van der Waals surface area contributed by atoms with Crippen molar-refractivity contribution in [3.8, 4) is 17.1 Å². The van der Waals surface area contributed by atoms with Crippen LogP contribution in [0.5, 0.6) is 5.75 Å². The first-order chi connectivity index (χ1) is 13.6. The smallest absolute Gasteiger partial charge is 0.191 e. The van der Waals surface area contributed by atoms with Gasteiger partial charge < -0.3 is 15.4 Å². The van der Waals surface area contributed by atoms with Crippen molar-refractivity contribution in [3.05, 3.63) is 66.2 Å². The van der Waals surface area contributed by atoms with Gasteiger partial charge in [-0.15, -0.1) is 24.0 Å². The van der Waals surface area contributed by atoms with Crippen LogP contribution in [0, 0.1) is 5.82 Å². The van der Waals surface area contributed by atoms with Crippen molar-refractivity contribution in [2.24, 2.45) is 4.99 Å². The zero-order valence-electron chi connectivity index (χ0n) is 16.2. The Labute approximate surface area is 186 Å². The third-order valence-corrected chi connectivity index (χ3v) is 4.01. The van der Waals surface area contributed by atoms with Gasteiger partial charge in [-0.2, -0.15) is 5.10 Å². The summed E-state index contributed by atoms with van der Waals surface area (Å²) in [4.78, 5) is 8.40. The summed E-state index contributed by atoms with van der Waals surface area (Å²) >= 11 is 0. The first-order valence-corrected chi connectivity index (χ1v) is 8.95. The van der Waals surface area contributed by atoms with Crippen molar-refractivity contribution in [1.82, 2.24) is 25.8 Å². The third kappa shape index (κ3) is 7.00. The molecule has 3 aromatic rings. The van der Waals surface area contributed by atoms with E-state index in [1.807, 2.05) is 31.2 Å². The van der Waals surface area contributed by atoms with Gasteiger partial charge in [-0.05, 0) is 42.8 Å². The van der Waals surface area contributed by atoms with Crippen LogP contribution in [0.3, 0.4) is 0 Å². The molecule has 0 aliphatic carbocycles. The molecule has 154 valence electrons. The number of ether oxygens (including phenoxy) is 1. The van der Waals surface area contributed by atoms with E-state index in [-0.39, 0.29) is 35.9 Å². The number of aromatic amines is 1. The molecule has 1 atom stereocenters. The number of aliphatic imine (C=N–C) groups is 1. The van der Waals surface area contributed by atoms with E-state index in [0.29, 0.717) is 24.8 Å². The summed E-state index contributed by atoms with van der Waals surface area (Å²) in [6.45, 7) is 3.09. The van der Waals surface area contributed by atoms with Crippen LogP contribution in [0.2, 0.25) is 0 Å². The fraction of sp³-hybridized carbons (Fsp3) is 0.250. The van der Waals surface area contributed by atoms with Crippen molar-refractivity contribution >= 4 is 29.9 Å². The fourth-order valence-corrected chi connectivity index (χ4v) is 2.61. The van der Waals surface area contributed by atoms with E-state index in [2.05, 4.69) is 30.8 Å². The Balaban J connectivity index is 0.00000300. The number of hydrogen-bond donors (Lipinski definition) is 3. The van der Waals surface area contributed by atoms with E-state index in [1.54, 1.807) is 19.2 Å². The minimum absolute atomic E-state index is 0. The maximum absolute atomic E-state index is 13.0. The summed E-state index contributed by atoms with van der Waals surface area (Å²) in [6, 6.07) is 14.0. The van der Waals surface area contributed by atoms with Gasteiger partial charge in [0.1, 0.15) is 24.0 Å². The molecule has 0 aliphatic heterocycles. The lowest BCUT2D eigenvalue weighted by Crippen LogP contribution is -2.41. The molecule has 3 N–H and O–H groups in total. The number of nitrogens with one attached hydrogen (secondary N) is 3. The highest BCUT2D eigenvalue weighted by molar-refractivity contribution is 14.0. The van der Waals surface area contributed by atoms with Crippen LogP contribution in [0.1, 0.15) is 12.5 Å². The highest BCUT2D eigenvalue weighted by Crippen LogP contribution is 2.15. The van der Waals surface area contributed by atoms with Crippen LogP contribution < -0.4 is 15.4 Å². The number of benzene rings is 2. The lowest BCUT2D eigenvalue weighted by molar-refractivity contribution is 0.223. The largest absolute Gasteiger partial charge is 0.489 e. The van der Waals surface area contributed by atoms with Crippen molar-refractivity contribution < 1.29 is 9.13 Å². The van der Waals surface area contributed by atoms with Crippen LogP contribution in [0.4, 0.5) is 4.39 Å². The van der Waals surface area contributed by atoms with Crippen molar-refractivity contribution in [1.29, 1.82) is 0 Å². The van der Waals surface area contributed by atoms with Gasteiger partial charge in [0.2, 0.25) is 0 Å². The number of hydrogen-bond acceptors (Lipinski definition) is 4. The van der Waals surface area contributed by atoms with Crippen LogP contribution in [0.25, 0.3) is 11.4 Å². The van der Waals surface area contributed by atoms with Crippen molar-refractivity contribution in [3.63, 3.8) is 0 Å². The zero-order valence-corrected chi connectivity index (χ0v) is 18.6. The Morgan fingerprint density at radius 1 is 1.21 bits per heavy atom. The summed E-state index contributed by atoms with van der Waals surface area (Å²) < 4.78 is 18.7. The van der Waals surface area contributed by atoms with Gasteiger partial charge in [-0.1, -0.05) is 18.2 Å². The van der Waals surface area contributed by atoms with E-state index >= 15 is 0 Å². The summed E-state index contributed by atoms with van der Waals surface area (Å²) in [5.74, 6) is 1.74. The van der Waals surface area contributed by atoms with Crippen LogP contribution in [-0.4, -0.2) is 40.8 Å². The number of H-pyrrole nitrogens is 1. The van der Waals surface area contributed by atoms with Gasteiger partial charge in [-0.3, -0.25) is 10.1 Å². The molecule has 7 nitrogen and oxygen atoms in total. The van der Waals surface area contributed by atoms with Gasteiger partial charge in [0.15, 0.2) is 11.8 Å². The minimum atomic E-state index is -0.282. The lowest BCUT2D eigenvalue weighted by Gasteiger charge is -2.18. The van der Waals surface area contributed by atoms with Crippen LogP contribution >= 0.6 is 24.0 Å². The first kappa shape index (κ1) is 22.6. The first-order valence-electron chi connectivity index (χ1n) is 8.95. The molecule has 1 heterocycles. The van der Waals surface area contributed by atoms with E-state index in [4.69, 9.17) is 4.74 Å². The molecule has 0 bridgehead atoms. The Hall–Kier alpha value is -2.69. The zero-order chi connectivity index (χ0) is 19.8. The van der Waals surface area contributed by atoms with E-state index in [0.717, 1.165) is 17.0 Å². The molecule has 0 amide bonds. The van der Waals surface area contributed by atoms with Gasteiger partial charge in [0, 0.05) is 19.2 Å². The average molecular weight is 510 g/mol. The topological polar surface area (TPSA) is 87.2 Å². The summed E-state index contributed by atoms with van der Waals surface area (Å²) in [5, 5.41) is 13.2.